The van der Waals surface area contributed by atoms with Crippen molar-refractivity contribution in [3.05, 3.63) is 75.8 Å². The minimum Gasteiger partial charge on any atom is -0.482 e. The van der Waals surface area contributed by atoms with Crippen LogP contribution < -0.4 is 15.2 Å². The predicted octanol–water partition coefficient (Wildman–Crippen LogP) is 7.15. The summed E-state index contributed by atoms with van der Waals surface area (Å²) in [6, 6.07) is 12.2. The number of carbonyl (C=O) groups is 1. The maximum absolute atomic E-state index is 14.9. The standard InChI is InChI=1S/C22H14Cl2F2N2O3S/c1-10(17-13(23)8-9-14(25)18(17)24)30-20-12(5-2-6-15(20)26)11-4-3-7-16-19(11)28-22(32-16)31-21(27)29/h2-10H,1H3,(H2,27,29). The van der Waals surface area contributed by atoms with Gasteiger partial charge < -0.3 is 15.2 Å². The molecule has 0 aliphatic heterocycles. The molecule has 4 rings (SSSR count). The fraction of sp³-hybridized carbons (Fsp3) is 0.0909. The summed E-state index contributed by atoms with van der Waals surface area (Å²) < 4.78 is 40.4. The van der Waals surface area contributed by atoms with Crippen LogP contribution in [0, 0.1) is 11.6 Å². The molecule has 1 atom stereocenters. The highest BCUT2D eigenvalue weighted by Gasteiger charge is 2.23. The fourth-order valence-corrected chi connectivity index (χ4v) is 4.79. The van der Waals surface area contributed by atoms with Crippen molar-refractivity contribution in [3.8, 4) is 22.1 Å². The number of para-hydroxylation sites is 2. The highest BCUT2D eigenvalue weighted by molar-refractivity contribution is 7.20. The van der Waals surface area contributed by atoms with E-state index in [0.717, 1.165) is 17.4 Å². The van der Waals surface area contributed by atoms with Gasteiger partial charge in [-0.1, -0.05) is 58.8 Å². The first-order chi connectivity index (χ1) is 15.3. The van der Waals surface area contributed by atoms with Crippen LogP contribution in [-0.2, 0) is 0 Å². The van der Waals surface area contributed by atoms with Crippen LogP contribution in [0.25, 0.3) is 21.3 Å². The summed E-state index contributed by atoms with van der Waals surface area (Å²) in [4.78, 5) is 15.4. The molecule has 1 aromatic heterocycles. The normalized spacial score (nSPS) is 12.0. The summed E-state index contributed by atoms with van der Waals surface area (Å²) in [6.07, 6.45) is -1.86. The van der Waals surface area contributed by atoms with Crippen LogP contribution in [0.4, 0.5) is 13.6 Å². The lowest BCUT2D eigenvalue weighted by molar-refractivity contribution is 0.210. The van der Waals surface area contributed by atoms with Gasteiger partial charge in [-0.2, -0.15) is 0 Å². The molecule has 1 heterocycles. The first-order valence-electron chi connectivity index (χ1n) is 9.22. The Morgan fingerprint density at radius 1 is 1.06 bits per heavy atom. The van der Waals surface area contributed by atoms with E-state index in [1.54, 1.807) is 31.2 Å². The number of carbonyl (C=O) groups excluding carboxylic acids is 1. The molecule has 10 heteroatoms. The molecule has 164 valence electrons. The Labute approximate surface area is 195 Å². The Bertz CT molecular complexity index is 1350. The van der Waals surface area contributed by atoms with E-state index >= 15 is 0 Å². The Balaban J connectivity index is 1.81. The summed E-state index contributed by atoms with van der Waals surface area (Å²) >= 11 is 13.4. The third kappa shape index (κ3) is 4.21. The molecule has 0 radical (unpaired) electrons. The van der Waals surface area contributed by atoms with E-state index in [-0.39, 0.29) is 26.6 Å². The average Bonchev–Trinajstić information content (AvgIpc) is 3.14. The third-order valence-electron chi connectivity index (χ3n) is 4.63. The van der Waals surface area contributed by atoms with E-state index in [0.29, 0.717) is 21.3 Å². The summed E-state index contributed by atoms with van der Waals surface area (Å²) in [5.74, 6) is -1.39. The van der Waals surface area contributed by atoms with Gasteiger partial charge >= 0.3 is 6.09 Å². The number of hydrogen-bond acceptors (Lipinski definition) is 5. The molecule has 0 spiro atoms. The van der Waals surface area contributed by atoms with Gasteiger partial charge in [0.2, 0.25) is 0 Å². The lowest BCUT2D eigenvalue weighted by atomic mass is 10.0. The molecule has 2 N–H and O–H groups in total. The smallest absolute Gasteiger partial charge is 0.411 e. The molecule has 3 aromatic carbocycles. The summed E-state index contributed by atoms with van der Waals surface area (Å²) in [5, 5.41) is 0.0554. The summed E-state index contributed by atoms with van der Waals surface area (Å²) in [6.45, 7) is 1.59. The van der Waals surface area contributed by atoms with Gasteiger partial charge in [0.15, 0.2) is 11.6 Å². The van der Waals surface area contributed by atoms with Crippen LogP contribution in [0.3, 0.4) is 0 Å². The Hall–Kier alpha value is -2.94. The first kappa shape index (κ1) is 22.3. The number of benzene rings is 3. The second-order valence-electron chi connectivity index (χ2n) is 6.69. The first-order valence-corrected chi connectivity index (χ1v) is 10.8. The van der Waals surface area contributed by atoms with E-state index in [1.165, 1.54) is 18.2 Å². The number of amides is 1. The fourth-order valence-electron chi connectivity index (χ4n) is 3.27. The number of nitrogens with zero attached hydrogens (tertiary/aromatic N) is 1. The van der Waals surface area contributed by atoms with Crippen molar-refractivity contribution in [2.75, 3.05) is 0 Å². The zero-order valence-corrected chi connectivity index (χ0v) is 18.7. The number of halogens is 4. The number of fused-ring (bicyclic) bond motifs is 1. The zero-order valence-electron chi connectivity index (χ0n) is 16.4. The van der Waals surface area contributed by atoms with Crippen LogP contribution in [0.2, 0.25) is 10.0 Å². The topological polar surface area (TPSA) is 74.4 Å². The SMILES string of the molecule is CC(Oc1c(F)cccc1-c1cccc2sc(OC(N)=O)nc12)c1c(Cl)ccc(F)c1Cl. The molecule has 1 unspecified atom stereocenters. The van der Waals surface area contributed by atoms with E-state index < -0.39 is 23.8 Å². The minimum absolute atomic E-state index is 0.0607. The van der Waals surface area contributed by atoms with Gasteiger partial charge in [0.1, 0.15) is 11.9 Å². The minimum atomic E-state index is -0.988. The molecule has 0 aliphatic carbocycles. The van der Waals surface area contributed by atoms with Crippen LogP contribution in [-0.4, -0.2) is 11.1 Å². The predicted molar refractivity (Wildman–Crippen MR) is 121 cm³/mol. The van der Waals surface area contributed by atoms with Crippen molar-refractivity contribution in [1.29, 1.82) is 0 Å². The van der Waals surface area contributed by atoms with Crippen LogP contribution in [0.1, 0.15) is 18.6 Å². The average molecular weight is 495 g/mol. The van der Waals surface area contributed by atoms with Gasteiger partial charge in [-0.15, -0.1) is 0 Å². The second-order valence-corrected chi connectivity index (χ2v) is 8.47. The third-order valence-corrected chi connectivity index (χ3v) is 6.24. The molecule has 0 fully saturated rings. The maximum atomic E-state index is 14.9. The Morgan fingerprint density at radius 3 is 2.53 bits per heavy atom. The number of hydrogen-bond donors (Lipinski definition) is 1. The van der Waals surface area contributed by atoms with Gasteiger partial charge in [-0.3, -0.25) is 0 Å². The Kier molecular flexibility index (Phi) is 6.19. The van der Waals surface area contributed by atoms with Gasteiger partial charge in [0, 0.05) is 21.7 Å². The number of aromatic nitrogens is 1. The largest absolute Gasteiger partial charge is 0.482 e. The zero-order chi connectivity index (χ0) is 23.0. The number of rotatable bonds is 5. The van der Waals surface area contributed by atoms with Crippen LogP contribution in [0.5, 0.6) is 10.9 Å². The molecular formula is C22H14Cl2F2N2O3S. The number of primary amides is 1. The van der Waals surface area contributed by atoms with Gasteiger partial charge in [-0.05, 0) is 31.2 Å². The van der Waals surface area contributed by atoms with Crippen molar-refractivity contribution < 1.29 is 23.0 Å². The van der Waals surface area contributed by atoms with E-state index in [1.807, 2.05) is 0 Å². The monoisotopic (exact) mass is 494 g/mol. The van der Waals surface area contributed by atoms with Crippen molar-refractivity contribution >= 4 is 50.8 Å². The molecule has 0 saturated carbocycles. The maximum Gasteiger partial charge on any atom is 0.411 e. The lowest BCUT2D eigenvalue weighted by Gasteiger charge is -2.20. The van der Waals surface area contributed by atoms with E-state index in [4.69, 9.17) is 38.4 Å². The van der Waals surface area contributed by atoms with Gasteiger partial charge in [0.05, 0.1) is 15.2 Å². The quantitative estimate of drug-likeness (QED) is 0.299. The summed E-state index contributed by atoms with van der Waals surface area (Å²) in [7, 11) is 0. The van der Waals surface area contributed by atoms with Crippen LogP contribution >= 0.6 is 34.5 Å². The molecule has 5 nitrogen and oxygen atoms in total. The van der Waals surface area contributed by atoms with E-state index in [2.05, 4.69) is 4.98 Å². The van der Waals surface area contributed by atoms with Crippen LogP contribution in [0.15, 0.2) is 48.5 Å². The molecule has 0 bridgehead atoms. The molecular weight excluding hydrogens is 481 g/mol. The molecule has 1 amide bonds. The van der Waals surface area contributed by atoms with E-state index in [9.17, 15) is 13.6 Å². The number of ether oxygens (including phenoxy) is 2. The highest BCUT2D eigenvalue weighted by Crippen LogP contribution is 2.42. The number of thiazole rings is 1. The molecule has 4 aromatic rings. The van der Waals surface area contributed by atoms with Crippen molar-refractivity contribution in [1.82, 2.24) is 4.98 Å². The van der Waals surface area contributed by atoms with Gasteiger partial charge in [0.25, 0.3) is 5.19 Å². The second kappa shape index (κ2) is 8.90. The molecule has 0 saturated heterocycles. The van der Waals surface area contributed by atoms with Crippen molar-refractivity contribution in [2.24, 2.45) is 5.73 Å². The molecule has 32 heavy (non-hydrogen) atoms. The van der Waals surface area contributed by atoms with Crippen molar-refractivity contribution in [3.63, 3.8) is 0 Å². The van der Waals surface area contributed by atoms with Gasteiger partial charge in [-0.25, -0.2) is 18.6 Å². The molecule has 0 aliphatic rings. The lowest BCUT2D eigenvalue weighted by Crippen LogP contribution is -2.15. The summed E-state index contributed by atoms with van der Waals surface area (Å²) in [5.41, 5.74) is 6.67. The van der Waals surface area contributed by atoms with Crippen molar-refractivity contribution in [2.45, 2.75) is 13.0 Å². The highest BCUT2D eigenvalue weighted by atomic mass is 35.5. The number of nitrogens with two attached hydrogens (primary N) is 1. The Morgan fingerprint density at radius 2 is 1.78 bits per heavy atom.